The quantitative estimate of drug-likeness (QED) is 0.508. The lowest BCUT2D eigenvalue weighted by molar-refractivity contribution is -0.152. The lowest BCUT2D eigenvalue weighted by atomic mass is 9.96. The molecule has 0 radical (unpaired) electrons. The van der Waals surface area contributed by atoms with E-state index < -0.39 is 12.1 Å². The fourth-order valence-corrected chi connectivity index (χ4v) is 3.86. The van der Waals surface area contributed by atoms with Crippen LogP contribution in [0.25, 0.3) is 6.08 Å². The van der Waals surface area contributed by atoms with Crippen molar-refractivity contribution in [1.29, 1.82) is 0 Å². The SMILES string of the molecule is Cc1nn(Cc2c(Cl)cccc2Cl)c(C)c1/C=C/C(=O)O[C@H]1CCCCC1=O. The van der Waals surface area contributed by atoms with Crippen LogP contribution in [0.5, 0.6) is 0 Å². The summed E-state index contributed by atoms with van der Waals surface area (Å²) in [5, 5.41) is 5.70. The summed E-state index contributed by atoms with van der Waals surface area (Å²) in [7, 11) is 0. The molecule has 1 heterocycles. The van der Waals surface area contributed by atoms with E-state index in [-0.39, 0.29) is 5.78 Å². The largest absolute Gasteiger partial charge is 0.451 e. The molecule has 0 N–H and O–H groups in total. The lowest BCUT2D eigenvalue weighted by Gasteiger charge is -2.19. The summed E-state index contributed by atoms with van der Waals surface area (Å²) in [6, 6.07) is 5.38. The molecule has 0 saturated heterocycles. The van der Waals surface area contributed by atoms with Gasteiger partial charge in [-0.1, -0.05) is 29.3 Å². The maximum absolute atomic E-state index is 12.1. The van der Waals surface area contributed by atoms with E-state index >= 15 is 0 Å². The Morgan fingerprint density at radius 2 is 2.00 bits per heavy atom. The monoisotopic (exact) mass is 420 g/mol. The van der Waals surface area contributed by atoms with Crippen molar-refractivity contribution < 1.29 is 14.3 Å². The smallest absolute Gasteiger partial charge is 0.331 e. The van der Waals surface area contributed by atoms with Crippen molar-refractivity contribution in [1.82, 2.24) is 9.78 Å². The number of hydrogen-bond donors (Lipinski definition) is 0. The molecule has 1 fully saturated rings. The van der Waals surface area contributed by atoms with Gasteiger partial charge in [0, 0.05) is 39.4 Å². The fourth-order valence-electron chi connectivity index (χ4n) is 3.35. The van der Waals surface area contributed by atoms with Gasteiger partial charge in [-0.25, -0.2) is 4.79 Å². The molecule has 1 atom stereocenters. The van der Waals surface area contributed by atoms with Crippen LogP contribution in [0.4, 0.5) is 0 Å². The van der Waals surface area contributed by atoms with Gasteiger partial charge in [0.05, 0.1) is 12.2 Å². The predicted octanol–water partition coefficient (Wildman–Crippen LogP) is 4.92. The number of halogens is 2. The van der Waals surface area contributed by atoms with E-state index in [1.807, 2.05) is 13.8 Å². The van der Waals surface area contributed by atoms with Gasteiger partial charge in [-0.15, -0.1) is 0 Å². The van der Waals surface area contributed by atoms with Crippen molar-refractivity contribution in [2.24, 2.45) is 0 Å². The summed E-state index contributed by atoms with van der Waals surface area (Å²) in [4.78, 5) is 23.9. The molecule has 1 saturated carbocycles. The maximum atomic E-state index is 12.1. The van der Waals surface area contributed by atoms with E-state index in [2.05, 4.69) is 5.10 Å². The van der Waals surface area contributed by atoms with E-state index in [1.165, 1.54) is 6.08 Å². The molecule has 0 amide bonds. The van der Waals surface area contributed by atoms with Gasteiger partial charge in [-0.05, 0) is 51.3 Å². The first kappa shape index (κ1) is 20.6. The molecule has 0 bridgehead atoms. The number of carbonyl (C=O) groups excluding carboxylic acids is 2. The second kappa shape index (κ2) is 8.93. The summed E-state index contributed by atoms with van der Waals surface area (Å²) < 4.78 is 7.11. The van der Waals surface area contributed by atoms with Crippen LogP contribution in [0.1, 0.15) is 48.2 Å². The van der Waals surface area contributed by atoms with E-state index in [0.29, 0.717) is 29.4 Å². The Labute approximate surface area is 174 Å². The Hall–Kier alpha value is -2.11. The zero-order chi connectivity index (χ0) is 20.3. The van der Waals surface area contributed by atoms with E-state index in [1.54, 1.807) is 29.0 Å². The molecular weight excluding hydrogens is 399 g/mol. The van der Waals surface area contributed by atoms with E-state index in [9.17, 15) is 9.59 Å². The van der Waals surface area contributed by atoms with Crippen LogP contribution in [0.3, 0.4) is 0 Å². The van der Waals surface area contributed by atoms with Gasteiger partial charge in [0.15, 0.2) is 11.9 Å². The minimum Gasteiger partial charge on any atom is -0.451 e. The third-order valence-corrected chi connectivity index (χ3v) is 5.66. The van der Waals surface area contributed by atoms with Crippen molar-refractivity contribution in [3.63, 3.8) is 0 Å². The van der Waals surface area contributed by atoms with Crippen molar-refractivity contribution in [2.45, 2.75) is 52.2 Å². The van der Waals surface area contributed by atoms with Crippen molar-refractivity contribution >= 4 is 41.0 Å². The number of ketones is 1. The third kappa shape index (κ3) is 4.65. The minimum absolute atomic E-state index is 0.00444. The molecule has 1 aliphatic carbocycles. The van der Waals surface area contributed by atoms with Crippen molar-refractivity contribution in [3.05, 3.63) is 56.8 Å². The van der Waals surface area contributed by atoms with E-state index in [4.69, 9.17) is 27.9 Å². The number of ether oxygens (including phenoxy) is 1. The summed E-state index contributed by atoms with van der Waals surface area (Å²) in [5.74, 6) is -0.509. The normalized spacial score (nSPS) is 17.3. The summed E-state index contributed by atoms with van der Waals surface area (Å²) in [5.41, 5.74) is 3.28. The van der Waals surface area contributed by atoms with E-state index in [0.717, 1.165) is 35.4 Å². The van der Waals surface area contributed by atoms with Crippen LogP contribution >= 0.6 is 23.2 Å². The molecule has 0 spiro atoms. The summed E-state index contributed by atoms with van der Waals surface area (Å²) in [6.07, 6.45) is 5.28. The number of hydrogen-bond acceptors (Lipinski definition) is 4. The second-order valence-electron chi connectivity index (χ2n) is 6.91. The van der Waals surface area contributed by atoms with Gasteiger partial charge in [0.2, 0.25) is 0 Å². The molecule has 7 heteroatoms. The first-order chi connectivity index (χ1) is 13.4. The third-order valence-electron chi connectivity index (χ3n) is 4.95. The van der Waals surface area contributed by atoms with Gasteiger partial charge in [0.1, 0.15) is 0 Å². The van der Waals surface area contributed by atoms with Gasteiger partial charge >= 0.3 is 5.97 Å². The standard InChI is InChI=1S/C21H22Cl2N2O3/c1-13-15(10-11-21(27)28-20-9-4-3-8-19(20)26)14(2)25(24-13)12-16-17(22)6-5-7-18(16)23/h5-7,10-11,20H,3-4,8-9,12H2,1-2H3/b11-10+/t20-/m0/s1. The molecule has 1 aromatic heterocycles. The van der Waals surface area contributed by atoms with Crippen LogP contribution in [0, 0.1) is 13.8 Å². The van der Waals surface area contributed by atoms with Crippen molar-refractivity contribution in [3.8, 4) is 0 Å². The van der Waals surface area contributed by atoms with Crippen molar-refractivity contribution in [2.75, 3.05) is 0 Å². The first-order valence-electron chi connectivity index (χ1n) is 9.25. The van der Waals surface area contributed by atoms with Gasteiger partial charge < -0.3 is 4.74 Å². The minimum atomic E-state index is -0.613. The lowest BCUT2D eigenvalue weighted by Crippen LogP contribution is -2.29. The Morgan fingerprint density at radius 1 is 1.29 bits per heavy atom. The molecule has 28 heavy (non-hydrogen) atoms. The zero-order valence-electron chi connectivity index (χ0n) is 15.9. The molecule has 1 aromatic carbocycles. The Bertz CT molecular complexity index is 914. The average Bonchev–Trinajstić information content (AvgIpc) is 2.92. The second-order valence-corrected chi connectivity index (χ2v) is 7.73. The number of aryl methyl sites for hydroxylation is 1. The molecule has 1 aliphatic rings. The highest BCUT2D eigenvalue weighted by Crippen LogP contribution is 2.26. The zero-order valence-corrected chi connectivity index (χ0v) is 17.4. The number of Topliss-reactive ketones (excluding diaryl/α,β-unsaturated/α-hetero) is 1. The molecule has 5 nitrogen and oxygen atoms in total. The first-order valence-corrected chi connectivity index (χ1v) is 10.0. The molecule has 0 aliphatic heterocycles. The summed E-state index contributed by atoms with van der Waals surface area (Å²) >= 11 is 12.5. The average molecular weight is 421 g/mol. The fraction of sp³-hybridized carbons (Fsp3) is 0.381. The van der Waals surface area contributed by atoms with Crippen LogP contribution < -0.4 is 0 Å². The number of benzene rings is 1. The highest BCUT2D eigenvalue weighted by molar-refractivity contribution is 6.35. The Kier molecular flexibility index (Phi) is 6.57. The molecular formula is C21H22Cl2N2O3. The number of esters is 1. The highest BCUT2D eigenvalue weighted by atomic mass is 35.5. The van der Waals surface area contributed by atoms with Crippen LogP contribution in [0.15, 0.2) is 24.3 Å². The van der Waals surface area contributed by atoms with Crippen LogP contribution in [0.2, 0.25) is 10.0 Å². The summed E-state index contributed by atoms with van der Waals surface area (Å²) in [6.45, 7) is 4.22. The molecule has 148 valence electrons. The molecule has 3 rings (SSSR count). The Balaban J connectivity index is 1.73. The predicted molar refractivity (Wildman–Crippen MR) is 110 cm³/mol. The van der Waals surface area contributed by atoms with Gasteiger partial charge in [-0.3, -0.25) is 9.48 Å². The maximum Gasteiger partial charge on any atom is 0.331 e. The topological polar surface area (TPSA) is 61.2 Å². The number of rotatable bonds is 5. The molecule has 2 aromatic rings. The van der Waals surface area contributed by atoms with Gasteiger partial charge in [-0.2, -0.15) is 5.10 Å². The molecule has 0 unspecified atom stereocenters. The number of carbonyl (C=O) groups is 2. The van der Waals surface area contributed by atoms with Crippen LogP contribution in [-0.2, 0) is 20.9 Å². The van der Waals surface area contributed by atoms with Crippen LogP contribution in [-0.4, -0.2) is 27.6 Å². The number of aromatic nitrogens is 2. The highest BCUT2D eigenvalue weighted by Gasteiger charge is 2.25. The Morgan fingerprint density at radius 3 is 2.68 bits per heavy atom. The van der Waals surface area contributed by atoms with Gasteiger partial charge in [0.25, 0.3) is 0 Å². The number of nitrogens with zero attached hydrogens (tertiary/aromatic N) is 2.